The van der Waals surface area contributed by atoms with E-state index in [1.165, 1.54) is 0 Å². The maximum atomic E-state index is 9.87. The van der Waals surface area contributed by atoms with Crippen molar-refractivity contribution in [2.75, 3.05) is 6.54 Å². The van der Waals surface area contributed by atoms with Crippen LogP contribution in [0.3, 0.4) is 0 Å². The number of halogens is 2. The van der Waals surface area contributed by atoms with E-state index in [4.69, 9.17) is 17.3 Å². The molecule has 0 unspecified atom stereocenters. The topological polar surface area (TPSA) is 46.2 Å². The second-order valence-corrected chi connectivity index (χ2v) is 5.06. The van der Waals surface area contributed by atoms with Crippen LogP contribution < -0.4 is 5.73 Å². The molecule has 14 heavy (non-hydrogen) atoms. The Morgan fingerprint density at radius 2 is 2.14 bits per heavy atom. The van der Waals surface area contributed by atoms with E-state index in [-0.39, 0.29) is 11.2 Å². The number of phenols is 1. The van der Waals surface area contributed by atoms with Crippen LogP contribution in [0.1, 0.15) is 18.4 Å². The quantitative estimate of drug-likeness (QED) is 0.872. The summed E-state index contributed by atoms with van der Waals surface area (Å²) in [7, 11) is 0. The van der Waals surface area contributed by atoms with Gasteiger partial charge in [0.2, 0.25) is 0 Å². The Morgan fingerprint density at radius 3 is 2.64 bits per heavy atom. The minimum atomic E-state index is -0.0303. The van der Waals surface area contributed by atoms with Crippen molar-refractivity contribution in [3.05, 3.63) is 27.2 Å². The molecule has 4 heteroatoms. The number of phenolic OH excluding ortho intramolecular Hbond substituents is 1. The van der Waals surface area contributed by atoms with Crippen molar-refractivity contribution in [3.8, 4) is 5.75 Å². The largest absolute Gasteiger partial charge is 0.506 e. The summed E-state index contributed by atoms with van der Waals surface area (Å²) in [6.07, 6.45) is 2.06. The fourth-order valence-electron chi connectivity index (χ4n) is 1.70. The number of hydrogen-bond acceptors (Lipinski definition) is 2. The smallest absolute Gasteiger partial charge is 0.133 e. The molecule has 0 radical (unpaired) electrons. The molecule has 1 aliphatic carbocycles. The van der Waals surface area contributed by atoms with Gasteiger partial charge in [0.05, 0.1) is 4.47 Å². The Kier molecular flexibility index (Phi) is 2.50. The van der Waals surface area contributed by atoms with Crippen molar-refractivity contribution in [3.63, 3.8) is 0 Å². The summed E-state index contributed by atoms with van der Waals surface area (Å²) < 4.78 is 0.639. The van der Waals surface area contributed by atoms with Crippen LogP contribution in [0.2, 0.25) is 5.02 Å². The van der Waals surface area contributed by atoms with Gasteiger partial charge in [0.15, 0.2) is 0 Å². The average Bonchev–Trinajstić information content (AvgIpc) is 2.92. The van der Waals surface area contributed by atoms with Crippen LogP contribution in [0, 0.1) is 0 Å². The molecule has 2 nitrogen and oxygen atoms in total. The second kappa shape index (κ2) is 3.40. The molecule has 1 aromatic carbocycles. The summed E-state index contributed by atoms with van der Waals surface area (Å²) >= 11 is 9.20. The van der Waals surface area contributed by atoms with Gasteiger partial charge >= 0.3 is 0 Å². The van der Waals surface area contributed by atoms with Crippen molar-refractivity contribution < 1.29 is 5.11 Å². The zero-order valence-corrected chi connectivity index (χ0v) is 9.90. The van der Waals surface area contributed by atoms with Crippen LogP contribution in [0.15, 0.2) is 16.6 Å². The summed E-state index contributed by atoms with van der Waals surface area (Å²) in [5, 5.41) is 10.5. The third-order valence-electron chi connectivity index (χ3n) is 2.84. The van der Waals surface area contributed by atoms with Crippen LogP contribution in [0.5, 0.6) is 5.75 Å². The number of rotatable bonds is 2. The number of hydrogen-bond donors (Lipinski definition) is 2. The van der Waals surface area contributed by atoms with Crippen molar-refractivity contribution >= 4 is 27.5 Å². The van der Waals surface area contributed by atoms with Crippen molar-refractivity contribution in [1.29, 1.82) is 0 Å². The van der Waals surface area contributed by atoms with Crippen LogP contribution in [-0.2, 0) is 5.41 Å². The highest BCUT2D eigenvalue weighted by atomic mass is 79.9. The molecule has 1 aliphatic rings. The zero-order chi connectivity index (χ0) is 10.3. The Morgan fingerprint density at radius 1 is 1.50 bits per heavy atom. The molecule has 0 aromatic heterocycles. The first-order chi connectivity index (χ1) is 6.59. The van der Waals surface area contributed by atoms with Gasteiger partial charge in [-0.3, -0.25) is 0 Å². The van der Waals surface area contributed by atoms with Crippen LogP contribution in [0.4, 0.5) is 0 Å². The van der Waals surface area contributed by atoms with Gasteiger partial charge in [-0.1, -0.05) is 11.6 Å². The Bertz CT molecular complexity index is 377. The van der Waals surface area contributed by atoms with E-state index in [2.05, 4.69) is 15.9 Å². The molecule has 2 rings (SSSR count). The summed E-state index contributed by atoms with van der Waals surface area (Å²) in [6, 6.07) is 3.49. The maximum Gasteiger partial charge on any atom is 0.133 e. The minimum Gasteiger partial charge on any atom is -0.506 e. The summed E-state index contributed by atoms with van der Waals surface area (Å²) in [6.45, 7) is 0.563. The molecule has 3 N–H and O–H groups in total. The average molecular weight is 277 g/mol. The van der Waals surface area contributed by atoms with Crippen LogP contribution in [0.25, 0.3) is 0 Å². The minimum absolute atomic E-state index is 0.0303. The fraction of sp³-hybridized carbons (Fsp3) is 0.400. The lowest BCUT2D eigenvalue weighted by Gasteiger charge is -2.15. The summed E-state index contributed by atoms with van der Waals surface area (Å²) in [5.41, 5.74) is 6.54. The summed E-state index contributed by atoms with van der Waals surface area (Å²) in [5.74, 6) is 0.275. The fourth-order valence-corrected chi connectivity index (χ4v) is 2.51. The first-order valence-electron chi connectivity index (χ1n) is 4.48. The van der Waals surface area contributed by atoms with E-state index in [9.17, 15) is 5.11 Å². The van der Waals surface area contributed by atoms with Gasteiger partial charge in [-0.15, -0.1) is 0 Å². The third-order valence-corrected chi connectivity index (χ3v) is 3.67. The Balaban J connectivity index is 2.52. The molecule has 0 aliphatic heterocycles. The van der Waals surface area contributed by atoms with Crippen molar-refractivity contribution in [2.24, 2.45) is 5.73 Å². The predicted octanol–water partition coefficient (Wildman–Crippen LogP) is 2.80. The monoisotopic (exact) mass is 275 g/mol. The van der Waals surface area contributed by atoms with Gasteiger partial charge in [-0.2, -0.15) is 0 Å². The van der Waals surface area contributed by atoms with Gasteiger partial charge in [-0.05, 0) is 40.9 Å². The standard InChI is InChI=1S/C10H11BrClNO/c11-8-4-6(12)3-7(9(8)14)10(5-13)1-2-10/h3-4,14H,1-2,5,13H2. The lowest BCUT2D eigenvalue weighted by molar-refractivity contribution is 0.455. The molecule has 1 saturated carbocycles. The van der Waals surface area contributed by atoms with E-state index in [0.29, 0.717) is 16.0 Å². The van der Waals surface area contributed by atoms with E-state index < -0.39 is 0 Å². The summed E-state index contributed by atoms with van der Waals surface area (Å²) in [4.78, 5) is 0. The SMILES string of the molecule is NCC1(c2cc(Cl)cc(Br)c2O)CC1. The van der Waals surface area contributed by atoms with Gasteiger partial charge in [-0.25, -0.2) is 0 Å². The lowest BCUT2D eigenvalue weighted by Crippen LogP contribution is -2.19. The highest BCUT2D eigenvalue weighted by Gasteiger charge is 2.45. The first-order valence-corrected chi connectivity index (χ1v) is 5.65. The van der Waals surface area contributed by atoms with Gasteiger partial charge < -0.3 is 10.8 Å². The molecule has 0 heterocycles. The molecule has 0 saturated heterocycles. The molecule has 0 bridgehead atoms. The highest BCUT2D eigenvalue weighted by Crippen LogP contribution is 2.52. The number of aromatic hydroxyl groups is 1. The molecule has 1 aromatic rings. The predicted molar refractivity (Wildman–Crippen MR) is 60.8 cm³/mol. The highest BCUT2D eigenvalue weighted by molar-refractivity contribution is 9.10. The molecular weight excluding hydrogens is 265 g/mol. The Hall–Kier alpha value is -0.250. The molecule has 0 amide bonds. The maximum absolute atomic E-state index is 9.87. The second-order valence-electron chi connectivity index (χ2n) is 3.77. The Labute approximate surface area is 96.2 Å². The molecule has 76 valence electrons. The number of benzene rings is 1. The van der Waals surface area contributed by atoms with E-state index in [0.717, 1.165) is 18.4 Å². The lowest BCUT2D eigenvalue weighted by atomic mass is 9.95. The normalized spacial score (nSPS) is 18.2. The van der Waals surface area contributed by atoms with E-state index in [1.807, 2.05) is 6.07 Å². The van der Waals surface area contributed by atoms with E-state index >= 15 is 0 Å². The van der Waals surface area contributed by atoms with Gasteiger partial charge in [0.25, 0.3) is 0 Å². The van der Waals surface area contributed by atoms with Gasteiger partial charge in [0.1, 0.15) is 5.75 Å². The van der Waals surface area contributed by atoms with E-state index in [1.54, 1.807) is 6.07 Å². The molecule has 0 atom stereocenters. The van der Waals surface area contributed by atoms with Crippen molar-refractivity contribution in [1.82, 2.24) is 0 Å². The van der Waals surface area contributed by atoms with Crippen LogP contribution >= 0.6 is 27.5 Å². The van der Waals surface area contributed by atoms with Gasteiger partial charge in [0, 0.05) is 22.5 Å². The molecule has 0 spiro atoms. The third kappa shape index (κ3) is 1.53. The van der Waals surface area contributed by atoms with Crippen molar-refractivity contribution in [2.45, 2.75) is 18.3 Å². The first kappa shape index (κ1) is 10.3. The van der Waals surface area contributed by atoms with Crippen LogP contribution in [-0.4, -0.2) is 11.7 Å². The number of nitrogens with two attached hydrogens (primary N) is 1. The zero-order valence-electron chi connectivity index (χ0n) is 7.56. The molecular formula is C10H11BrClNO. The molecule has 1 fully saturated rings.